The van der Waals surface area contributed by atoms with Crippen LogP contribution in [-0.2, 0) is 4.79 Å². The average molecular weight is 388 g/mol. The smallest absolute Gasteiger partial charge is 0.236 e. The number of aryl methyl sites for hydroxylation is 2. The van der Waals surface area contributed by atoms with Gasteiger partial charge in [-0.05, 0) is 43.3 Å². The summed E-state index contributed by atoms with van der Waals surface area (Å²) in [6.45, 7) is 5.36. The van der Waals surface area contributed by atoms with Crippen molar-refractivity contribution in [2.75, 3.05) is 11.1 Å². The lowest BCUT2D eigenvalue weighted by atomic mass is 10.1. The van der Waals surface area contributed by atoms with E-state index < -0.39 is 0 Å². The molecule has 1 N–H and O–H groups in total. The van der Waals surface area contributed by atoms with E-state index in [9.17, 15) is 9.59 Å². The maximum Gasteiger partial charge on any atom is 0.236 e. The number of amides is 1. The number of thiazole rings is 1. The number of thioether (sulfide) groups is 1. The van der Waals surface area contributed by atoms with Crippen LogP contribution >= 0.6 is 23.1 Å². The van der Waals surface area contributed by atoms with Crippen molar-refractivity contribution < 1.29 is 9.59 Å². The van der Waals surface area contributed by atoms with E-state index in [-0.39, 0.29) is 17.4 Å². The molecular formula is C16H16N6O2S2. The van der Waals surface area contributed by atoms with Crippen molar-refractivity contribution in [1.29, 1.82) is 0 Å². The van der Waals surface area contributed by atoms with Gasteiger partial charge in [-0.15, -0.1) is 16.4 Å². The maximum atomic E-state index is 12.1. The standard InChI is InChI=1S/C16H16N6O2S2/c1-9-11(3)26-15(17-9)18-14(24)8-25-16-19-20-21-22(16)13-6-4-5-12(7-13)10(2)23/h4-7H,8H2,1-3H3,(H,17,18,24). The lowest BCUT2D eigenvalue weighted by Gasteiger charge is -2.05. The van der Waals surface area contributed by atoms with Crippen molar-refractivity contribution in [2.24, 2.45) is 0 Å². The highest BCUT2D eigenvalue weighted by Crippen LogP contribution is 2.22. The molecule has 26 heavy (non-hydrogen) atoms. The maximum absolute atomic E-state index is 12.1. The molecule has 8 nitrogen and oxygen atoms in total. The van der Waals surface area contributed by atoms with Crippen LogP contribution in [-0.4, -0.2) is 42.6 Å². The lowest BCUT2D eigenvalue weighted by molar-refractivity contribution is -0.113. The first kappa shape index (κ1) is 18.2. The van der Waals surface area contributed by atoms with E-state index in [2.05, 4.69) is 25.8 Å². The van der Waals surface area contributed by atoms with E-state index in [1.807, 2.05) is 13.8 Å². The molecule has 0 aliphatic rings. The zero-order valence-electron chi connectivity index (χ0n) is 14.4. The predicted molar refractivity (Wildman–Crippen MR) is 100 cm³/mol. The van der Waals surface area contributed by atoms with Gasteiger partial charge in [0.1, 0.15) is 0 Å². The number of ketones is 1. The highest BCUT2D eigenvalue weighted by atomic mass is 32.2. The summed E-state index contributed by atoms with van der Waals surface area (Å²) in [5.74, 6) is -0.0805. The van der Waals surface area contributed by atoms with Crippen LogP contribution in [0.15, 0.2) is 29.4 Å². The number of aromatic nitrogens is 5. The van der Waals surface area contributed by atoms with E-state index in [1.54, 1.807) is 24.3 Å². The Labute approximate surface area is 158 Å². The molecule has 0 aliphatic heterocycles. The minimum absolute atomic E-state index is 0.0393. The summed E-state index contributed by atoms with van der Waals surface area (Å²) < 4.78 is 1.50. The van der Waals surface area contributed by atoms with Gasteiger partial charge in [-0.2, -0.15) is 4.68 Å². The van der Waals surface area contributed by atoms with Crippen LogP contribution in [0.3, 0.4) is 0 Å². The minimum Gasteiger partial charge on any atom is -0.301 e. The number of nitrogens with zero attached hydrogens (tertiary/aromatic N) is 5. The first-order chi connectivity index (χ1) is 12.4. The van der Waals surface area contributed by atoms with Crippen molar-refractivity contribution in [3.63, 3.8) is 0 Å². The van der Waals surface area contributed by atoms with Crippen molar-refractivity contribution in [3.05, 3.63) is 40.4 Å². The molecule has 0 saturated carbocycles. The second kappa shape index (κ2) is 7.75. The van der Waals surface area contributed by atoms with Crippen molar-refractivity contribution in [3.8, 4) is 5.69 Å². The van der Waals surface area contributed by atoms with Gasteiger partial charge in [0.25, 0.3) is 0 Å². The zero-order chi connectivity index (χ0) is 18.7. The van der Waals surface area contributed by atoms with E-state index >= 15 is 0 Å². The first-order valence-corrected chi connectivity index (χ1v) is 9.50. The molecule has 0 atom stereocenters. The van der Waals surface area contributed by atoms with Crippen molar-refractivity contribution in [1.82, 2.24) is 25.2 Å². The summed E-state index contributed by atoms with van der Waals surface area (Å²) >= 11 is 2.65. The first-order valence-electron chi connectivity index (χ1n) is 7.70. The van der Waals surface area contributed by atoms with Crippen molar-refractivity contribution in [2.45, 2.75) is 25.9 Å². The third kappa shape index (κ3) is 4.14. The molecule has 3 aromatic rings. The van der Waals surface area contributed by atoms with Gasteiger partial charge < -0.3 is 5.32 Å². The number of hydrogen-bond donors (Lipinski definition) is 1. The number of hydrogen-bond acceptors (Lipinski definition) is 8. The Morgan fingerprint density at radius 3 is 2.81 bits per heavy atom. The summed E-state index contributed by atoms with van der Waals surface area (Å²) in [7, 11) is 0. The molecule has 2 heterocycles. The summed E-state index contributed by atoms with van der Waals surface area (Å²) in [5, 5.41) is 15.4. The summed E-state index contributed by atoms with van der Waals surface area (Å²) in [4.78, 5) is 29.0. The van der Waals surface area contributed by atoms with Gasteiger partial charge in [-0.25, -0.2) is 4.98 Å². The number of nitrogens with one attached hydrogen (secondary N) is 1. The molecule has 1 aromatic carbocycles. The molecule has 0 spiro atoms. The van der Waals surface area contributed by atoms with Crippen LogP contribution in [0.5, 0.6) is 0 Å². The van der Waals surface area contributed by atoms with E-state index in [0.29, 0.717) is 21.5 Å². The normalized spacial score (nSPS) is 10.7. The van der Waals surface area contributed by atoms with Gasteiger partial charge in [-0.3, -0.25) is 9.59 Å². The topological polar surface area (TPSA) is 103 Å². The number of rotatable bonds is 6. The van der Waals surface area contributed by atoms with E-state index in [4.69, 9.17) is 0 Å². The van der Waals surface area contributed by atoms with Gasteiger partial charge in [-0.1, -0.05) is 23.9 Å². The molecule has 134 valence electrons. The fraction of sp³-hybridized carbons (Fsp3) is 0.250. The molecule has 10 heteroatoms. The molecule has 0 bridgehead atoms. The van der Waals surface area contributed by atoms with Crippen LogP contribution in [0.4, 0.5) is 5.13 Å². The molecule has 0 saturated heterocycles. The third-order valence-corrected chi connectivity index (χ3v) is 5.45. The number of Topliss-reactive ketones (excluding diaryl/α,β-unsaturated/α-hetero) is 1. The van der Waals surface area contributed by atoms with Crippen LogP contribution in [0.2, 0.25) is 0 Å². The summed E-state index contributed by atoms with van der Waals surface area (Å²) in [5.41, 5.74) is 2.14. The Morgan fingerprint density at radius 1 is 1.31 bits per heavy atom. The Kier molecular flexibility index (Phi) is 5.43. The number of carbonyl (C=O) groups excluding carboxylic acids is 2. The fourth-order valence-electron chi connectivity index (χ4n) is 2.10. The van der Waals surface area contributed by atoms with E-state index in [0.717, 1.165) is 10.6 Å². The quantitative estimate of drug-likeness (QED) is 0.511. The van der Waals surface area contributed by atoms with Crippen LogP contribution < -0.4 is 5.32 Å². The molecule has 0 fully saturated rings. The molecule has 2 aromatic heterocycles. The molecule has 3 rings (SSSR count). The Hall–Kier alpha value is -2.59. The van der Waals surface area contributed by atoms with Gasteiger partial charge in [0.15, 0.2) is 10.9 Å². The van der Waals surface area contributed by atoms with Gasteiger partial charge in [0, 0.05) is 10.4 Å². The molecule has 0 unspecified atom stereocenters. The SMILES string of the molecule is CC(=O)c1cccc(-n2nnnc2SCC(=O)Nc2nc(C)c(C)s2)c1. The van der Waals surface area contributed by atoms with Crippen LogP contribution in [0, 0.1) is 13.8 Å². The van der Waals surface area contributed by atoms with Crippen LogP contribution in [0.1, 0.15) is 27.9 Å². The zero-order valence-corrected chi connectivity index (χ0v) is 16.0. The molecule has 0 radical (unpaired) electrons. The second-order valence-electron chi connectivity index (χ2n) is 5.48. The Balaban J connectivity index is 1.68. The van der Waals surface area contributed by atoms with Gasteiger partial charge >= 0.3 is 0 Å². The Morgan fingerprint density at radius 2 is 2.12 bits per heavy atom. The van der Waals surface area contributed by atoms with Crippen LogP contribution in [0.25, 0.3) is 5.69 Å². The second-order valence-corrected chi connectivity index (χ2v) is 7.62. The molecular weight excluding hydrogens is 372 g/mol. The average Bonchev–Trinajstić information content (AvgIpc) is 3.19. The molecule has 1 amide bonds. The fourth-order valence-corrected chi connectivity index (χ4v) is 3.62. The predicted octanol–water partition coefficient (Wildman–Crippen LogP) is 2.67. The highest BCUT2D eigenvalue weighted by Gasteiger charge is 2.14. The number of anilines is 1. The van der Waals surface area contributed by atoms with Crippen molar-refractivity contribution >= 4 is 39.9 Å². The number of carbonyl (C=O) groups is 2. The Bertz CT molecular complexity index is 946. The largest absolute Gasteiger partial charge is 0.301 e. The summed E-state index contributed by atoms with van der Waals surface area (Å²) in [6, 6.07) is 7.01. The molecule has 0 aliphatic carbocycles. The highest BCUT2D eigenvalue weighted by molar-refractivity contribution is 7.99. The number of benzene rings is 1. The lowest BCUT2D eigenvalue weighted by Crippen LogP contribution is -2.14. The third-order valence-electron chi connectivity index (χ3n) is 3.55. The summed E-state index contributed by atoms with van der Waals surface area (Å²) in [6.07, 6.45) is 0. The van der Waals surface area contributed by atoms with Gasteiger partial charge in [0.05, 0.1) is 17.1 Å². The van der Waals surface area contributed by atoms with E-state index in [1.165, 1.54) is 34.7 Å². The monoisotopic (exact) mass is 388 g/mol. The van der Waals surface area contributed by atoms with Gasteiger partial charge in [0.2, 0.25) is 11.1 Å². The number of tetrazole rings is 1. The minimum atomic E-state index is -0.184.